The number of benzene rings is 3. The van der Waals surface area contributed by atoms with Crippen molar-refractivity contribution >= 4 is 17.4 Å². The van der Waals surface area contributed by atoms with Crippen molar-refractivity contribution in [2.45, 2.75) is 20.4 Å². The minimum Gasteiger partial charge on any atom is -0.348 e. The van der Waals surface area contributed by atoms with Crippen molar-refractivity contribution in [2.24, 2.45) is 0 Å². The van der Waals surface area contributed by atoms with E-state index in [9.17, 15) is 4.79 Å². The third-order valence-electron chi connectivity index (χ3n) is 4.94. The SMILES string of the molecule is Cc1ccc(CNC(=O)c2cccc(Nc3ccnc(-c4ccc(C)cc4)n3)c2)cc1. The Kier molecular flexibility index (Phi) is 6.03. The van der Waals surface area contributed by atoms with Gasteiger partial charge in [-0.15, -0.1) is 0 Å². The van der Waals surface area contributed by atoms with Gasteiger partial charge in [0, 0.05) is 29.6 Å². The fourth-order valence-electron chi connectivity index (χ4n) is 3.15. The molecule has 1 aromatic heterocycles. The van der Waals surface area contributed by atoms with Gasteiger partial charge in [0.25, 0.3) is 5.91 Å². The van der Waals surface area contributed by atoms with Crippen LogP contribution in [0.3, 0.4) is 0 Å². The average molecular weight is 409 g/mol. The standard InChI is InChI=1S/C26H24N4O/c1-18-6-10-20(11-7-18)17-28-26(31)22-4-3-5-23(16-22)29-24-14-15-27-25(30-24)21-12-8-19(2)9-13-21/h3-16H,17H2,1-2H3,(H,28,31)(H,27,29,30). The zero-order chi connectivity index (χ0) is 21.6. The molecular formula is C26H24N4O. The number of nitrogens with zero attached hydrogens (tertiary/aromatic N) is 2. The topological polar surface area (TPSA) is 66.9 Å². The molecule has 0 aliphatic heterocycles. The number of rotatable bonds is 6. The van der Waals surface area contributed by atoms with Crippen molar-refractivity contribution in [1.29, 1.82) is 0 Å². The second-order valence-corrected chi connectivity index (χ2v) is 7.51. The Balaban J connectivity index is 1.44. The van der Waals surface area contributed by atoms with E-state index in [1.807, 2.05) is 86.6 Å². The van der Waals surface area contributed by atoms with Gasteiger partial charge in [-0.2, -0.15) is 0 Å². The van der Waals surface area contributed by atoms with Crippen LogP contribution >= 0.6 is 0 Å². The minimum atomic E-state index is -0.118. The predicted octanol–water partition coefficient (Wildman–Crippen LogP) is 5.43. The van der Waals surface area contributed by atoms with Crippen molar-refractivity contribution in [3.05, 3.63) is 107 Å². The van der Waals surface area contributed by atoms with E-state index in [0.29, 0.717) is 23.8 Å². The summed E-state index contributed by atoms with van der Waals surface area (Å²) in [6.45, 7) is 4.58. The predicted molar refractivity (Wildman–Crippen MR) is 124 cm³/mol. The average Bonchev–Trinajstić information content (AvgIpc) is 2.79. The summed E-state index contributed by atoms with van der Waals surface area (Å²) >= 11 is 0. The van der Waals surface area contributed by atoms with Gasteiger partial charge in [0.2, 0.25) is 0 Å². The highest BCUT2D eigenvalue weighted by atomic mass is 16.1. The molecule has 0 fully saturated rings. The lowest BCUT2D eigenvalue weighted by molar-refractivity contribution is 0.0951. The Labute approximate surface area is 182 Å². The summed E-state index contributed by atoms with van der Waals surface area (Å²) in [7, 11) is 0. The molecule has 0 aliphatic carbocycles. The van der Waals surface area contributed by atoms with Crippen molar-refractivity contribution < 1.29 is 4.79 Å². The molecule has 3 aromatic carbocycles. The van der Waals surface area contributed by atoms with E-state index >= 15 is 0 Å². The largest absolute Gasteiger partial charge is 0.348 e. The molecule has 0 spiro atoms. The molecule has 1 amide bonds. The monoisotopic (exact) mass is 408 g/mol. The van der Waals surface area contributed by atoms with Crippen molar-refractivity contribution in [3.63, 3.8) is 0 Å². The Bertz CT molecular complexity index is 1180. The van der Waals surface area contributed by atoms with Crippen molar-refractivity contribution in [2.75, 3.05) is 5.32 Å². The van der Waals surface area contributed by atoms with E-state index in [0.717, 1.165) is 16.8 Å². The van der Waals surface area contributed by atoms with E-state index < -0.39 is 0 Å². The third kappa shape index (κ3) is 5.34. The zero-order valence-electron chi connectivity index (χ0n) is 17.6. The molecule has 31 heavy (non-hydrogen) atoms. The van der Waals surface area contributed by atoms with Gasteiger partial charge in [0.1, 0.15) is 5.82 Å². The lowest BCUT2D eigenvalue weighted by Crippen LogP contribution is -2.22. The fraction of sp³-hybridized carbons (Fsp3) is 0.115. The molecule has 0 aliphatic rings. The van der Waals surface area contributed by atoms with Crippen LogP contribution in [-0.2, 0) is 6.54 Å². The molecule has 1 heterocycles. The third-order valence-corrected chi connectivity index (χ3v) is 4.94. The molecule has 0 unspecified atom stereocenters. The van der Waals surface area contributed by atoms with E-state index in [4.69, 9.17) is 0 Å². The van der Waals surface area contributed by atoms with Crippen LogP contribution in [0.25, 0.3) is 11.4 Å². The summed E-state index contributed by atoms with van der Waals surface area (Å²) in [4.78, 5) is 21.6. The number of nitrogens with one attached hydrogen (secondary N) is 2. The van der Waals surface area contributed by atoms with Gasteiger partial charge in [-0.1, -0.05) is 65.7 Å². The summed E-state index contributed by atoms with van der Waals surface area (Å²) in [5.41, 5.74) is 5.79. The van der Waals surface area contributed by atoms with E-state index in [1.54, 1.807) is 12.3 Å². The Morgan fingerprint density at radius 3 is 2.32 bits per heavy atom. The number of amides is 1. The molecule has 0 radical (unpaired) electrons. The number of hydrogen-bond donors (Lipinski definition) is 2. The van der Waals surface area contributed by atoms with Crippen molar-refractivity contribution in [3.8, 4) is 11.4 Å². The maximum absolute atomic E-state index is 12.6. The highest BCUT2D eigenvalue weighted by Crippen LogP contribution is 2.20. The first kappa shape index (κ1) is 20.3. The highest BCUT2D eigenvalue weighted by molar-refractivity contribution is 5.95. The first-order valence-electron chi connectivity index (χ1n) is 10.2. The molecule has 5 nitrogen and oxygen atoms in total. The van der Waals surface area contributed by atoms with Crippen LogP contribution in [0.5, 0.6) is 0 Å². The van der Waals surface area contributed by atoms with Gasteiger partial charge in [-0.3, -0.25) is 4.79 Å². The summed E-state index contributed by atoms with van der Waals surface area (Å²) in [5.74, 6) is 1.20. The van der Waals surface area contributed by atoms with Gasteiger partial charge in [0.05, 0.1) is 0 Å². The molecule has 2 N–H and O–H groups in total. The molecule has 0 saturated carbocycles. The smallest absolute Gasteiger partial charge is 0.251 e. The van der Waals surface area contributed by atoms with Crippen LogP contribution in [0.2, 0.25) is 0 Å². The number of hydrogen-bond acceptors (Lipinski definition) is 4. The highest BCUT2D eigenvalue weighted by Gasteiger charge is 2.08. The van der Waals surface area contributed by atoms with Crippen LogP contribution in [0.4, 0.5) is 11.5 Å². The zero-order valence-corrected chi connectivity index (χ0v) is 17.6. The second-order valence-electron chi connectivity index (χ2n) is 7.51. The number of carbonyl (C=O) groups is 1. The Hall–Kier alpha value is -3.99. The quantitative estimate of drug-likeness (QED) is 0.446. The molecule has 5 heteroatoms. The maximum atomic E-state index is 12.6. The minimum absolute atomic E-state index is 0.118. The van der Waals surface area contributed by atoms with Crippen LogP contribution in [0.1, 0.15) is 27.0 Å². The van der Waals surface area contributed by atoms with Gasteiger partial charge >= 0.3 is 0 Å². The molecule has 0 saturated heterocycles. The van der Waals surface area contributed by atoms with Gasteiger partial charge < -0.3 is 10.6 Å². The second kappa shape index (κ2) is 9.22. The molecule has 4 aromatic rings. The lowest BCUT2D eigenvalue weighted by Gasteiger charge is -2.10. The Morgan fingerprint density at radius 2 is 1.58 bits per heavy atom. The Morgan fingerprint density at radius 1 is 0.871 bits per heavy atom. The van der Waals surface area contributed by atoms with Crippen LogP contribution in [0, 0.1) is 13.8 Å². The summed E-state index contributed by atoms with van der Waals surface area (Å²) in [6, 6.07) is 25.4. The number of aryl methyl sites for hydroxylation is 2. The van der Waals surface area contributed by atoms with Gasteiger partial charge in [-0.25, -0.2) is 9.97 Å². The van der Waals surface area contributed by atoms with E-state index in [2.05, 4.69) is 20.6 Å². The van der Waals surface area contributed by atoms with E-state index in [1.165, 1.54) is 11.1 Å². The first-order valence-corrected chi connectivity index (χ1v) is 10.2. The van der Waals surface area contributed by atoms with E-state index in [-0.39, 0.29) is 5.91 Å². The maximum Gasteiger partial charge on any atom is 0.251 e. The molecule has 0 atom stereocenters. The normalized spacial score (nSPS) is 10.5. The van der Waals surface area contributed by atoms with Gasteiger partial charge in [0.15, 0.2) is 5.82 Å². The number of anilines is 2. The summed E-state index contributed by atoms with van der Waals surface area (Å²) in [5, 5.41) is 6.24. The number of aromatic nitrogens is 2. The van der Waals surface area contributed by atoms with Gasteiger partial charge in [-0.05, 0) is 43.7 Å². The molecule has 0 bridgehead atoms. The number of carbonyl (C=O) groups excluding carboxylic acids is 1. The molecule has 4 rings (SSSR count). The lowest BCUT2D eigenvalue weighted by atomic mass is 10.1. The molecular weight excluding hydrogens is 384 g/mol. The first-order chi connectivity index (χ1) is 15.1. The molecule has 154 valence electrons. The summed E-state index contributed by atoms with van der Waals surface area (Å²) < 4.78 is 0. The van der Waals surface area contributed by atoms with Crippen LogP contribution in [-0.4, -0.2) is 15.9 Å². The van der Waals surface area contributed by atoms with Crippen LogP contribution in [0.15, 0.2) is 85.1 Å². The summed E-state index contributed by atoms with van der Waals surface area (Å²) in [6.07, 6.45) is 1.72. The van der Waals surface area contributed by atoms with Crippen molar-refractivity contribution in [1.82, 2.24) is 15.3 Å². The van der Waals surface area contributed by atoms with Crippen LogP contribution < -0.4 is 10.6 Å². The fourth-order valence-corrected chi connectivity index (χ4v) is 3.15.